The van der Waals surface area contributed by atoms with E-state index in [1.54, 1.807) is 0 Å². The number of halogens is 2. The van der Waals surface area contributed by atoms with Crippen LogP contribution in [0.4, 0.5) is 0 Å². The number of benzene rings is 1. The van der Waals surface area contributed by atoms with Crippen LogP contribution in [0.3, 0.4) is 0 Å². The van der Waals surface area contributed by atoms with Crippen LogP contribution in [0.25, 0.3) is 0 Å². The highest BCUT2D eigenvalue weighted by Crippen LogP contribution is 2.35. The fourth-order valence-corrected chi connectivity index (χ4v) is 3.09. The Morgan fingerprint density at radius 2 is 1.85 bits per heavy atom. The zero-order valence-electron chi connectivity index (χ0n) is 7.86. The molecule has 1 aromatic carbocycles. The molecule has 3 heteroatoms. The minimum Gasteiger partial charge on any atom is -0.506 e. The maximum Gasteiger partial charge on any atom is 0.133 e. The second-order valence-electron chi connectivity index (χ2n) is 3.41. The Kier molecular flexibility index (Phi) is 3.85. The standard InChI is InChI=1S/C10H12I2O/c1-5(2)8-7(11)4-6(3)9(12)10(8)13/h4-5,13H,1-3H3. The van der Waals surface area contributed by atoms with Crippen LogP contribution in [0.15, 0.2) is 6.07 Å². The summed E-state index contributed by atoms with van der Waals surface area (Å²) >= 11 is 4.47. The van der Waals surface area contributed by atoms with Crippen LogP contribution in [0, 0.1) is 14.1 Å². The lowest BCUT2D eigenvalue weighted by Gasteiger charge is -2.14. The zero-order valence-corrected chi connectivity index (χ0v) is 12.2. The molecule has 0 saturated heterocycles. The molecular formula is C10H12I2O. The van der Waals surface area contributed by atoms with Gasteiger partial charge >= 0.3 is 0 Å². The third-order valence-corrected chi connectivity index (χ3v) is 4.24. The van der Waals surface area contributed by atoms with Crippen molar-refractivity contribution in [2.24, 2.45) is 0 Å². The number of hydrogen-bond acceptors (Lipinski definition) is 1. The largest absolute Gasteiger partial charge is 0.506 e. The van der Waals surface area contributed by atoms with Crippen LogP contribution in [-0.4, -0.2) is 5.11 Å². The molecule has 0 heterocycles. The van der Waals surface area contributed by atoms with Gasteiger partial charge in [-0.25, -0.2) is 0 Å². The number of aromatic hydroxyl groups is 1. The van der Waals surface area contributed by atoms with Gasteiger partial charge in [0.1, 0.15) is 5.75 Å². The summed E-state index contributed by atoms with van der Waals surface area (Å²) in [5.74, 6) is 0.834. The van der Waals surface area contributed by atoms with Gasteiger partial charge in [0.05, 0.1) is 3.57 Å². The van der Waals surface area contributed by atoms with Gasteiger partial charge in [-0.2, -0.15) is 0 Å². The van der Waals surface area contributed by atoms with Gasteiger partial charge in [-0.15, -0.1) is 0 Å². The molecule has 0 radical (unpaired) electrons. The summed E-state index contributed by atoms with van der Waals surface area (Å²) in [4.78, 5) is 0. The first-order valence-electron chi connectivity index (χ1n) is 4.12. The maximum absolute atomic E-state index is 9.92. The fourth-order valence-electron chi connectivity index (χ4n) is 1.30. The van der Waals surface area contributed by atoms with Gasteiger partial charge in [0, 0.05) is 9.13 Å². The molecule has 1 rings (SSSR count). The van der Waals surface area contributed by atoms with Crippen LogP contribution in [-0.2, 0) is 0 Å². The zero-order chi connectivity index (χ0) is 10.2. The van der Waals surface area contributed by atoms with Gasteiger partial charge in [0.15, 0.2) is 0 Å². The van der Waals surface area contributed by atoms with E-state index in [0.29, 0.717) is 11.7 Å². The topological polar surface area (TPSA) is 20.2 Å². The third-order valence-electron chi connectivity index (χ3n) is 1.99. The lowest BCUT2D eigenvalue weighted by atomic mass is 10.0. The van der Waals surface area contributed by atoms with E-state index in [0.717, 1.165) is 18.3 Å². The second kappa shape index (κ2) is 4.33. The molecule has 0 spiro atoms. The number of rotatable bonds is 1. The fraction of sp³-hybridized carbons (Fsp3) is 0.400. The lowest BCUT2D eigenvalue weighted by molar-refractivity contribution is 0.459. The van der Waals surface area contributed by atoms with Gasteiger partial charge in [0.25, 0.3) is 0 Å². The molecule has 1 aromatic rings. The van der Waals surface area contributed by atoms with E-state index in [9.17, 15) is 5.11 Å². The van der Waals surface area contributed by atoms with E-state index in [1.807, 2.05) is 6.92 Å². The van der Waals surface area contributed by atoms with Crippen molar-refractivity contribution < 1.29 is 5.11 Å². The first-order valence-corrected chi connectivity index (χ1v) is 6.28. The minimum absolute atomic E-state index is 0.376. The Hall–Kier alpha value is 0.480. The van der Waals surface area contributed by atoms with E-state index >= 15 is 0 Å². The second-order valence-corrected chi connectivity index (χ2v) is 5.65. The van der Waals surface area contributed by atoms with Gasteiger partial charge in [-0.05, 0) is 69.7 Å². The predicted octanol–water partition coefficient (Wildman–Crippen LogP) is 4.03. The molecule has 72 valence electrons. The van der Waals surface area contributed by atoms with Crippen LogP contribution in [0.1, 0.15) is 30.9 Å². The molecule has 1 nitrogen and oxygen atoms in total. The highest BCUT2D eigenvalue weighted by atomic mass is 127. The average Bonchev–Trinajstić information content (AvgIpc) is 1.99. The average molecular weight is 402 g/mol. The van der Waals surface area contributed by atoms with E-state index < -0.39 is 0 Å². The van der Waals surface area contributed by atoms with E-state index in [1.165, 1.54) is 0 Å². The van der Waals surface area contributed by atoms with Crippen LogP contribution >= 0.6 is 45.2 Å². The van der Waals surface area contributed by atoms with E-state index in [-0.39, 0.29) is 0 Å². The van der Waals surface area contributed by atoms with E-state index in [4.69, 9.17) is 0 Å². The number of hydrogen-bond donors (Lipinski definition) is 1. The monoisotopic (exact) mass is 402 g/mol. The van der Waals surface area contributed by atoms with Gasteiger partial charge < -0.3 is 5.11 Å². The van der Waals surface area contributed by atoms with Crippen LogP contribution in [0.5, 0.6) is 5.75 Å². The number of aryl methyl sites for hydroxylation is 1. The summed E-state index contributed by atoms with van der Waals surface area (Å²) in [6.45, 7) is 6.22. The number of phenols is 1. The molecule has 13 heavy (non-hydrogen) atoms. The molecule has 0 aliphatic heterocycles. The molecule has 0 bridgehead atoms. The molecule has 0 amide bonds. The molecule has 0 unspecified atom stereocenters. The predicted molar refractivity (Wildman–Crippen MR) is 72.4 cm³/mol. The maximum atomic E-state index is 9.92. The molecule has 0 fully saturated rings. The first-order chi connectivity index (χ1) is 5.95. The molecule has 0 aliphatic carbocycles. The summed E-state index contributed by atoms with van der Waals surface area (Å²) in [7, 11) is 0. The van der Waals surface area contributed by atoms with Crippen molar-refractivity contribution in [1.29, 1.82) is 0 Å². The Bertz CT molecular complexity index is 332. The summed E-state index contributed by atoms with van der Waals surface area (Å²) < 4.78 is 2.13. The molecule has 0 saturated carbocycles. The Morgan fingerprint density at radius 3 is 2.31 bits per heavy atom. The van der Waals surface area contributed by atoms with Crippen molar-refractivity contribution in [2.75, 3.05) is 0 Å². The van der Waals surface area contributed by atoms with Crippen molar-refractivity contribution >= 4 is 45.2 Å². The summed E-state index contributed by atoms with van der Waals surface area (Å²) in [6, 6.07) is 2.12. The molecule has 0 aromatic heterocycles. The van der Waals surface area contributed by atoms with Crippen molar-refractivity contribution in [2.45, 2.75) is 26.7 Å². The third kappa shape index (κ3) is 2.29. The van der Waals surface area contributed by atoms with E-state index in [2.05, 4.69) is 65.1 Å². The van der Waals surface area contributed by atoms with Gasteiger partial charge in [-0.1, -0.05) is 13.8 Å². The van der Waals surface area contributed by atoms with Crippen LogP contribution in [0.2, 0.25) is 0 Å². The van der Waals surface area contributed by atoms with Crippen molar-refractivity contribution in [3.63, 3.8) is 0 Å². The Morgan fingerprint density at radius 1 is 1.31 bits per heavy atom. The highest BCUT2D eigenvalue weighted by molar-refractivity contribution is 14.1. The van der Waals surface area contributed by atoms with Gasteiger partial charge in [0.2, 0.25) is 0 Å². The Balaban J connectivity index is 3.44. The quantitative estimate of drug-likeness (QED) is 0.704. The SMILES string of the molecule is Cc1cc(I)c(C(C)C)c(O)c1I. The lowest BCUT2D eigenvalue weighted by Crippen LogP contribution is -1.96. The molecule has 0 atom stereocenters. The van der Waals surface area contributed by atoms with Crippen molar-refractivity contribution in [3.05, 3.63) is 24.3 Å². The summed E-state index contributed by atoms with van der Waals surface area (Å²) in [5.41, 5.74) is 2.21. The van der Waals surface area contributed by atoms with Crippen molar-refractivity contribution in [3.8, 4) is 5.75 Å². The summed E-state index contributed by atoms with van der Waals surface area (Å²) in [5, 5.41) is 9.92. The van der Waals surface area contributed by atoms with Gasteiger partial charge in [-0.3, -0.25) is 0 Å². The minimum atomic E-state index is 0.376. The summed E-state index contributed by atoms with van der Waals surface area (Å²) in [6.07, 6.45) is 0. The first kappa shape index (κ1) is 11.6. The molecular weight excluding hydrogens is 390 g/mol. The number of phenolic OH excluding ortho intramolecular Hbond substituents is 1. The Labute approximate surface area is 106 Å². The smallest absolute Gasteiger partial charge is 0.133 e. The van der Waals surface area contributed by atoms with Crippen LogP contribution < -0.4 is 0 Å². The molecule has 1 N–H and O–H groups in total. The van der Waals surface area contributed by atoms with Crippen molar-refractivity contribution in [1.82, 2.24) is 0 Å². The normalized spacial score (nSPS) is 10.9. The molecule has 0 aliphatic rings. The highest BCUT2D eigenvalue weighted by Gasteiger charge is 2.14.